The molecule has 0 aliphatic heterocycles. The molecule has 0 bridgehead atoms. The largest absolute Gasteiger partial charge is 0.482 e. The average Bonchev–Trinajstić information content (AvgIpc) is 2.37. The Morgan fingerprint density at radius 2 is 1.95 bits per heavy atom. The van der Waals surface area contributed by atoms with Crippen LogP contribution in [0, 0.1) is 0 Å². The number of nitrogens with zero attached hydrogens (tertiary/aromatic N) is 1. The number of benzene rings is 1. The van der Waals surface area contributed by atoms with Gasteiger partial charge < -0.3 is 10.5 Å². The smallest absolute Gasteiger partial charge is 0.139 e. The Balaban J connectivity index is 2.23. The fourth-order valence-corrected chi connectivity index (χ4v) is 2.20. The van der Waals surface area contributed by atoms with Crippen LogP contribution in [-0.2, 0) is 0 Å². The molecule has 1 aromatic heterocycles. The van der Waals surface area contributed by atoms with E-state index >= 15 is 0 Å². The van der Waals surface area contributed by atoms with E-state index in [9.17, 15) is 0 Å². The topological polar surface area (TPSA) is 48.1 Å². The molecular formula is C14H14BrClN2O. The van der Waals surface area contributed by atoms with E-state index in [4.69, 9.17) is 22.1 Å². The first kappa shape index (κ1) is 14.3. The van der Waals surface area contributed by atoms with Crippen LogP contribution >= 0.6 is 27.5 Å². The summed E-state index contributed by atoms with van der Waals surface area (Å²) in [5.41, 5.74) is 6.99. The normalized spacial score (nSPS) is 13.9. The second kappa shape index (κ2) is 6.37. The maximum Gasteiger partial charge on any atom is 0.139 e. The molecule has 0 amide bonds. The first-order valence-corrected chi connectivity index (χ1v) is 7.01. The van der Waals surface area contributed by atoms with Crippen molar-refractivity contribution in [3.8, 4) is 5.75 Å². The quantitative estimate of drug-likeness (QED) is 0.915. The highest BCUT2D eigenvalue weighted by molar-refractivity contribution is 9.10. The summed E-state index contributed by atoms with van der Waals surface area (Å²) in [6.45, 7) is 1.91. The third kappa shape index (κ3) is 3.93. The molecule has 2 N–H and O–H groups in total. The van der Waals surface area contributed by atoms with Gasteiger partial charge in [-0.3, -0.25) is 4.98 Å². The molecule has 0 saturated carbocycles. The first-order valence-electron chi connectivity index (χ1n) is 5.84. The van der Waals surface area contributed by atoms with Crippen molar-refractivity contribution in [2.45, 2.75) is 19.1 Å². The lowest BCUT2D eigenvalue weighted by Crippen LogP contribution is -2.29. The van der Waals surface area contributed by atoms with Crippen molar-refractivity contribution < 1.29 is 4.74 Å². The maximum atomic E-state index is 6.00. The predicted molar refractivity (Wildman–Crippen MR) is 80.4 cm³/mol. The number of halogens is 2. The Labute approximate surface area is 125 Å². The van der Waals surface area contributed by atoms with Crippen LogP contribution in [-0.4, -0.2) is 11.0 Å². The zero-order valence-electron chi connectivity index (χ0n) is 10.4. The van der Waals surface area contributed by atoms with Crippen molar-refractivity contribution >= 4 is 27.5 Å². The van der Waals surface area contributed by atoms with Gasteiger partial charge in [0.15, 0.2) is 0 Å². The van der Waals surface area contributed by atoms with Crippen molar-refractivity contribution in [1.29, 1.82) is 0 Å². The number of hydrogen-bond donors (Lipinski definition) is 1. The Morgan fingerprint density at radius 3 is 2.53 bits per heavy atom. The van der Waals surface area contributed by atoms with Crippen molar-refractivity contribution in [3.05, 3.63) is 57.8 Å². The van der Waals surface area contributed by atoms with E-state index in [-0.39, 0.29) is 12.1 Å². The highest BCUT2D eigenvalue weighted by Gasteiger charge is 2.18. The summed E-state index contributed by atoms with van der Waals surface area (Å²) < 4.78 is 6.79. The Bertz CT molecular complexity index is 545. The average molecular weight is 342 g/mol. The molecule has 0 fully saturated rings. The van der Waals surface area contributed by atoms with Gasteiger partial charge in [0.1, 0.15) is 11.9 Å². The highest BCUT2D eigenvalue weighted by atomic mass is 79.9. The molecule has 0 radical (unpaired) electrons. The van der Waals surface area contributed by atoms with E-state index in [1.165, 1.54) is 0 Å². The molecule has 1 aromatic carbocycles. The summed E-state index contributed by atoms with van der Waals surface area (Å²) in [4.78, 5) is 4.07. The minimum absolute atomic E-state index is 0.153. The van der Waals surface area contributed by atoms with Crippen LogP contribution < -0.4 is 10.5 Å². The Hall–Kier alpha value is -1.10. The minimum atomic E-state index is -0.242. The van der Waals surface area contributed by atoms with Gasteiger partial charge in [0, 0.05) is 21.7 Å². The minimum Gasteiger partial charge on any atom is -0.482 e. The number of nitrogens with two attached hydrogens (primary N) is 1. The van der Waals surface area contributed by atoms with Gasteiger partial charge >= 0.3 is 0 Å². The van der Waals surface area contributed by atoms with Crippen LogP contribution in [0.25, 0.3) is 0 Å². The second-order valence-electron chi connectivity index (χ2n) is 4.29. The molecule has 2 atom stereocenters. The Kier molecular flexibility index (Phi) is 4.80. The summed E-state index contributed by atoms with van der Waals surface area (Å²) in [7, 11) is 0. The fraction of sp³-hybridized carbons (Fsp3) is 0.214. The SMILES string of the molecule is CC(N)C(Oc1cncc(Br)c1)c1ccc(Cl)cc1. The molecule has 5 heteroatoms. The van der Waals surface area contributed by atoms with Crippen molar-refractivity contribution in [2.75, 3.05) is 0 Å². The van der Waals surface area contributed by atoms with Gasteiger partial charge in [-0.05, 0) is 46.6 Å². The molecule has 0 saturated heterocycles. The molecule has 19 heavy (non-hydrogen) atoms. The van der Waals surface area contributed by atoms with Crippen LogP contribution in [0.5, 0.6) is 5.75 Å². The van der Waals surface area contributed by atoms with Gasteiger partial charge in [-0.1, -0.05) is 23.7 Å². The summed E-state index contributed by atoms with van der Waals surface area (Å²) in [6, 6.07) is 9.20. The van der Waals surface area contributed by atoms with Crippen molar-refractivity contribution in [2.24, 2.45) is 5.73 Å². The summed E-state index contributed by atoms with van der Waals surface area (Å²) >= 11 is 9.25. The van der Waals surface area contributed by atoms with Crippen molar-refractivity contribution in [1.82, 2.24) is 4.98 Å². The lowest BCUT2D eigenvalue weighted by molar-refractivity contribution is 0.179. The van der Waals surface area contributed by atoms with Crippen LogP contribution in [0.2, 0.25) is 5.02 Å². The molecule has 100 valence electrons. The van der Waals surface area contributed by atoms with E-state index in [1.807, 2.05) is 37.3 Å². The van der Waals surface area contributed by atoms with Gasteiger partial charge in [-0.25, -0.2) is 0 Å². The lowest BCUT2D eigenvalue weighted by atomic mass is 10.0. The number of rotatable bonds is 4. The van der Waals surface area contributed by atoms with E-state index in [2.05, 4.69) is 20.9 Å². The van der Waals surface area contributed by atoms with E-state index in [1.54, 1.807) is 12.4 Å². The summed E-state index contributed by atoms with van der Waals surface area (Å²) in [6.07, 6.45) is 3.12. The number of aromatic nitrogens is 1. The monoisotopic (exact) mass is 340 g/mol. The molecule has 0 aliphatic carbocycles. The van der Waals surface area contributed by atoms with Crippen LogP contribution in [0.1, 0.15) is 18.6 Å². The second-order valence-corrected chi connectivity index (χ2v) is 5.64. The van der Waals surface area contributed by atoms with Gasteiger partial charge in [0.2, 0.25) is 0 Å². The van der Waals surface area contributed by atoms with Crippen molar-refractivity contribution in [3.63, 3.8) is 0 Å². The van der Waals surface area contributed by atoms with Crippen LogP contribution in [0.4, 0.5) is 0 Å². The summed E-state index contributed by atoms with van der Waals surface area (Å²) in [5, 5.41) is 0.691. The number of ether oxygens (including phenoxy) is 1. The molecule has 3 nitrogen and oxygen atoms in total. The number of pyridine rings is 1. The molecule has 1 heterocycles. The van der Waals surface area contributed by atoms with Gasteiger partial charge in [-0.15, -0.1) is 0 Å². The molecule has 2 rings (SSSR count). The van der Waals surface area contributed by atoms with Gasteiger partial charge in [0.25, 0.3) is 0 Å². The lowest BCUT2D eigenvalue weighted by Gasteiger charge is -2.23. The fourth-order valence-electron chi connectivity index (χ4n) is 1.73. The van der Waals surface area contributed by atoms with E-state index < -0.39 is 0 Å². The molecule has 2 unspecified atom stereocenters. The van der Waals surface area contributed by atoms with Gasteiger partial charge in [0.05, 0.1) is 6.20 Å². The van der Waals surface area contributed by atoms with E-state index in [0.29, 0.717) is 10.8 Å². The van der Waals surface area contributed by atoms with E-state index in [0.717, 1.165) is 10.0 Å². The number of hydrogen-bond acceptors (Lipinski definition) is 3. The summed E-state index contributed by atoms with van der Waals surface area (Å²) in [5.74, 6) is 0.673. The van der Waals surface area contributed by atoms with Crippen LogP contribution in [0.3, 0.4) is 0 Å². The molecule has 0 spiro atoms. The molecule has 2 aromatic rings. The first-order chi connectivity index (χ1) is 9.06. The molecule has 0 aliphatic rings. The zero-order chi connectivity index (χ0) is 13.8. The predicted octanol–water partition coefficient (Wildman–Crippen LogP) is 3.96. The standard InChI is InChI=1S/C14H14BrClN2O/c1-9(17)14(10-2-4-12(16)5-3-10)19-13-6-11(15)7-18-8-13/h2-9,14H,17H2,1H3. The van der Waals surface area contributed by atoms with Crippen LogP contribution in [0.15, 0.2) is 47.2 Å². The third-order valence-electron chi connectivity index (χ3n) is 2.62. The zero-order valence-corrected chi connectivity index (χ0v) is 12.7. The highest BCUT2D eigenvalue weighted by Crippen LogP contribution is 2.26. The third-order valence-corrected chi connectivity index (χ3v) is 3.30. The Morgan fingerprint density at radius 1 is 1.26 bits per heavy atom. The molecular weight excluding hydrogens is 328 g/mol. The van der Waals surface area contributed by atoms with Gasteiger partial charge in [-0.2, -0.15) is 0 Å². The maximum absolute atomic E-state index is 6.00.